The van der Waals surface area contributed by atoms with E-state index >= 15 is 0 Å². The van der Waals surface area contributed by atoms with Gasteiger partial charge in [-0.2, -0.15) is 0 Å². The van der Waals surface area contributed by atoms with E-state index in [0.29, 0.717) is 18.0 Å². The largest absolute Gasteiger partial charge is 0.381 e. The second kappa shape index (κ2) is 5.83. The van der Waals surface area contributed by atoms with Crippen LogP contribution < -0.4 is 5.32 Å². The maximum absolute atomic E-state index is 13.5. The molecule has 0 bridgehead atoms. The Labute approximate surface area is 112 Å². The first-order valence-electron chi connectivity index (χ1n) is 6.34. The van der Waals surface area contributed by atoms with E-state index in [0.717, 1.165) is 11.8 Å². The van der Waals surface area contributed by atoms with Gasteiger partial charge in [-0.15, -0.1) is 0 Å². The smallest absolute Gasteiger partial charge is 0.131 e. The number of nitrogens with one attached hydrogen (secondary N) is 1. The highest BCUT2D eigenvalue weighted by molar-refractivity contribution is 5.52. The zero-order valence-corrected chi connectivity index (χ0v) is 11.1. The van der Waals surface area contributed by atoms with Crippen LogP contribution in [0.15, 0.2) is 42.5 Å². The van der Waals surface area contributed by atoms with Crippen LogP contribution in [0, 0.1) is 11.6 Å². The van der Waals surface area contributed by atoms with Crippen LogP contribution in [0.5, 0.6) is 0 Å². The number of halogens is 2. The molecule has 0 aliphatic heterocycles. The zero-order valence-electron chi connectivity index (χ0n) is 11.1. The Morgan fingerprint density at radius 1 is 1.05 bits per heavy atom. The van der Waals surface area contributed by atoms with Gasteiger partial charge in [-0.3, -0.25) is 0 Å². The Hall–Kier alpha value is -1.90. The van der Waals surface area contributed by atoms with Gasteiger partial charge >= 0.3 is 0 Å². The SMILES string of the molecule is CC(C)c1ccccc1NCc1ccc(F)cc1F. The monoisotopic (exact) mass is 261 g/mol. The predicted molar refractivity (Wildman–Crippen MR) is 74.2 cm³/mol. The lowest BCUT2D eigenvalue weighted by molar-refractivity contribution is 0.574. The van der Waals surface area contributed by atoms with Gasteiger partial charge in [0.05, 0.1) is 0 Å². The molecular formula is C16H17F2N. The standard InChI is InChI=1S/C16H17F2N/c1-11(2)14-5-3-4-6-16(14)19-10-12-7-8-13(17)9-15(12)18/h3-9,11,19H,10H2,1-2H3. The lowest BCUT2D eigenvalue weighted by Crippen LogP contribution is -2.05. The van der Waals surface area contributed by atoms with Gasteiger partial charge < -0.3 is 5.32 Å². The van der Waals surface area contributed by atoms with Crippen molar-refractivity contribution in [2.75, 3.05) is 5.32 Å². The maximum atomic E-state index is 13.5. The molecule has 100 valence electrons. The Morgan fingerprint density at radius 2 is 1.79 bits per heavy atom. The summed E-state index contributed by atoms with van der Waals surface area (Å²) in [5.41, 5.74) is 2.63. The Balaban J connectivity index is 2.14. The quantitative estimate of drug-likeness (QED) is 0.841. The average molecular weight is 261 g/mol. The second-order valence-electron chi connectivity index (χ2n) is 4.83. The molecule has 0 heterocycles. The van der Waals surface area contributed by atoms with Crippen LogP contribution in [0.3, 0.4) is 0 Å². The van der Waals surface area contributed by atoms with E-state index in [4.69, 9.17) is 0 Å². The molecule has 0 atom stereocenters. The molecule has 0 aromatic heterocycles. The van der Waals surface area contributed by atoms with Gasteiger partial charge in [-0.05, 0) is 23.6 Å². The van der Waals surface area contributed by atoms with E-state index in [9.17, 15) is 8.78 Å². The minimum absolute atomic E-state index is 0.343. The van der Waals surface area contributed by atoms with Crippen LogP contribution in [-0.4, -0.2) is 0 Å². The van der Waals surface area contributed by atoms with E-state index in [1.54, 1.807) is 0 Å². The molecule has 0 saturated heterocycles. The fourth-order valence-electron chi connectivity index (χ4n) is 2.02. The van der Waals surface area contributed by atoms with Crippen molar-refractivity contribution in [1.29, 1.82) is 0 Å². The summed E-state index contributed by atoms with van der Waals surface area (Å²) in [5, 5.41) is 3.21. The molecule has 0 amide bonds. The molecule has 0 saturated carbocycles. The van der Waals surface area contributed by atoms with Gasteiger partial charge in [0, 0.05) is 23.9 Å². The summed E-state index contributed by atoms with van der Waals surface area (Å²) in [6.07, 6.45) is 0. The molecule has 0 aliphatic carbocycles. The van der Waals surface area contributed by atoms with Gasteiger partial charge in [0.25, 0.3) is 0 Å². The second-order valence-corrected chi connectivity index (χ2v) is 4.83. The fraction of sp³-hybridized carbons (Fsp3) is 0.250. The predicted octanol–water partition coefficient (Wildman–Crippen LogP) is 4.70. The Bertz CT molecular complexity index is 564. The maximum Gasteiger partial charge on any atom is 0.131 e. The lowest BCUT2D eigenvalue weighted by atomic mass is 10.0. The molecular weight excluding hydrogens is 244 g/mol. The number of benzene rings is 2. The molecule has 2 aromatic rings. The fourth-order valence-corrected chi connectivity index (χ4v) is 2.02. The third kappa shape index (κ3) is 3.31. The summed E-state index contributed by atoms with van der Waals surface area (Å²) >= 11 is 0. The van der Waals surface area contributed by atoms with Gasteiger partial charge in [0.2, 0.25) is 0 Å². The van der Waals surface area contributed by atoms with Gasteiger partial charge in [-0.1, -0.05) is 38.1 Å². The van der Waals surface area contributed by atoms with Crippen molar-refractivity contribution < 1.29 is 8.78 Å². The third-order valence-corrected chi connectivity index (χ3v) is 3.07. The highest BCUT2D eigenvalue weighted by Gasteiger charge is 2.07. The first kappa shape index (κ1) is 13.5. The normalized spacial score (nSPS) is 10.8. The molecule has 19 heavy (non-hydrogen) atoms. The van der Waals surface area contributed by atoms with E-state index < -0.39 is 11.6 Å². The van der Waals surface area contributed by atoms with Gasteiger partial charge in [0.15, 0.2) is 0 Å². The van der Waals surface area contributed by atoms with Gasteiger partial charge in [-0.25, -0.2) is 8.78 Å². The van der Waals surface area contributed by atoms with E-state index in [2.05, 4.69) is 19.2 Å². The molecule has 0 unspecified atom stereocenters. The van der Waals surface area contributed by atoms with Crippen LogP contribution in [0.1, 0.15) is 30.9 Å². The van der Waals surface area contributed by atoms with Crippen LogP contribution in [0.2, 0.25) is 0 Å². The number of hydrogen-bond acceptors (Lipinski definition) is 1. The van der Waals surface area contributed by atoms with Crippen LogP contribution in [0.4, 0.5) is 14.5 Å². The van der Waals surface area contributed by atoms with Crippen molar-refractivity contribution in [3.8, 4) is 0 Å². The van der Waals surface area contributed by atoms with Crippen molar-refractivity contribution in [2.45, 2.75) is 26.3 Å². The van der Waals surface area contributed by atoms with E-state index in [-0.39, 0.29) is 0 Å². The van der Waals surface area contributed by atoms with E-state index in [1.165, 1.54) is 17.7 Å². The number of hydrogen-bond donors (Lipinski definition) is 1. The highest BCUT2D eigenvalue weighted by atomic mass is 19.1. The molecule has 1 nitrogen and oxygen atoms in total. The molecule has 3 heteroatoms. The minimum atomic E-state index is -0.552. The van der Waals surface area contributed by atoms with Crippen LogP contribution >= 0.6 is 0 Å². The van der Waals surface area contributed by atoms with Gasteiger partial charge in [0.1, 0.15) is 11.6 Å². The summed E-state index contributed by atoms with van der Waals surface area (Å²) in [5.74, 6) is -0.680. The average Bonchev–Trinajstić information content (AvgIpc) is 2.38. The van der Waals surface area contributed by atoms with Crippen molar-refractivity contribution >= 4 is 5.69 Å². The molecule has 0 spiro atoms. The van der Waals surface area contributed by atoms with Crippen LogP contribution in [0.25, 0.3) is 0 Å². The minimum Gasteiger partial charge on any atom is -0.381 e. The number of rotatable bonds is 4. The first-order valence-corrected chi connectivity index (χ1v) is 6.34. The lowest BCUT2D eigenvalue weighted by Gasteiger charge is -2.14. The third-order valence-electron chi connectivity index (χ3n) is 3.07. The first-order chi connectivity index (χ1) is 9.08. The molecule has 2 rings (SSSR count). The Kier molecular flexibility index (Phi) is 4.15. The highest BCUT2D eigenvalue weighted by Crippen LogP contribution is 2.24. The molecule has 1 N–H and O–H groups in total. The zero-order chi connectivity index (χ0) is 13.8. The summed E-state index contributed by atoms with van der Waals surface area (Å²) in [6, 6.07) is 11.6. The number of para-hydroxylation sites is 1. The van der Waals surface area contributed by atoms with Crippen molar-refractivity contribution in [3.63, 3.8) is 0 Å². The molecule has 2 aromatic carbocycles. The van der Waals surface area contributed by atoms with Crippen molar-refractivity contribution in [1.82, 2.24) is 0 Å². The van der Waals surface area contributed by atoms with Crippen molar-refractivity contribution in [3.05, 3.63) is 65.2 Å². The summed E-state index contributed by atoms with van der Waals surface area (Å²) in [4.78, 5) is 0. The summed E-state index contributed by atoms with van der Waals surface area (Å²) in [7, 11) is 0. The molecule has 0 radical (unpaired) electrons. The van der Waals surface area contributed by atoms with E-state index in [1.807, 2.05) is 24.3 Å². The Morgan fingerprint density at radius 3 is 2.47 bits per heavy atom. The summed E-state index contributed by atoms with van der Waals surface area (Å²) in [6.45, 7) is 4.56. The van der Waals surface area contributed by atoms with Crippen LogP contribution in [-0.2, 0) is 6.54 Å². The van der Waals surface area contributed by atoms with Crippen molar-refractivity contribution in [2.24, 2.45) is 0 Å². The topological polar surface area (TPSA) is 12.0 Å². The molecule has 0 fully saturated rings. The molecule has 0 aliphatic rings. The number of anilines is 1. The summed E-state index contributed by atoms with van der Waals surface area (Å²) < 4.78 is 26.4.